The van der Waals surface area contributed by atoms with E-state index in [0.717, 1.165) is 0 Å². The molecule has 4 nitrogen and oxygen atoms in total. The lowest BCUT2D eigenvalue weighted by atomic mass is 10.1. The Morgan fingerprint density at radius 2 is 2.29 bits per heavy atom. The summed E-state index contributed by atoms with van der Waals surface area (Å²) in [5.41, 5.74) is 6.74. The van der Waals surface area contributed by atoms with Gasteiger partial charge in [0.15, 0.2) is 0 Å². The molecule has 0 aliphatic rings. The lowest BCUT2D eigenvalue weighted by Gasteiger charge is -2.20. The first kappa shape index (κ1) is 13.5. The minimum atomic E-state index is -0.109. The second kappa shape index (κ2) is 6.26. The van der Waals surface area contributed by atoms with Gasteiger partial charge < -0.3 is 10.6 Å². The van der Waals surface area contributed by atoms with Crippen LogP contribution in [0.3, 0.4) is 0 Å². The summed E-state index contributed by atoms with van der Waals surface area (Å²) < 4.78 is 0.715. The second-order valence-electron chi connectivity index (χ2n) is 3.53. The van der Waals surface area contributed by atoms with E-state index in [1.807, 2.05) is 13.0 Å². The molecule has 0 aliphatic heterocycles. The molecule has 5 heteroatoms. The largest absolute Gasteiger partial charge is 0.399 e. The molecule has 0 saturated heterocycles. The van der Waals surface area contributed by atoms with Crippen LogP contribution < -0.4 is 5.73 Å². The lowest BCUT2D eigenvalue weighted by Crippen LogP contribution is -2.31. The molecule has 0 bridgehead atoms. The molecular weight excluding hydrogens is 282 g/mol. The Morgan fingerprint density at radius 3 is 2.88 bits per heavy atom. The first-order chi connectivity index (χ1) is 8.10. The van der Waals surface area contributed by atoms with Crippen LogP contribution in [0.15, 0.2) is 22.7 Å². The molecule has 0 radical (unpaired) electrons. The van der Waals surface area contributed by atoms with Gasteiger partial charge in [-0.25, -0.2) is 0 Å². The molecule has 0 saturated carbocycles. The van der Waals surface area contributed by atoms with Crippen molar-refractivity contribution in [2.24, 2.45) is 0 Å². The van der Waals surface area contributed by atoms with Crippen molar-refractivity contribution in [1.82, 2.24) is 4.90 Å². The standard InChI is InChI=1S/C12H14BrN3O/c1-2-16(7-3-6-14)12(17)10-8-9(15)4-5-11(10)13/h4-5,8H,2-3,7,15H2,1H3. The maximum atomic E-state index is 12.2. The molecule has 0 fully saturated rings. The Bertz CT molecular complexity index is 454. The minimum Gasteiger partial charge on any atom is -0.399 e. The quantitative estimate of drug-likeness (QED) is 0.867. The Morgan fingerprint density at radius 1 is 1.59 bits per heavy atom. The number of hydrogen-bond donors (Lipinski definition) is 1. The van der Waals surface area contributed by atoms with Crippen molar-refractivity contribution in [2.75, 3.05) is 18.8 Å². The van der Waals surface area contributed by atoms with E-state index in [-0.39, 0.29) is 5.91 Å². The Labute approximate surface area is 109 Å². The van der Waals surface area contributed by atoms with Crippen LogP contribution in [0.4, 0.5) is 5.69 Å². The number of hydrogen-bond acceptors (Lipinski definition) is 3. The fourth-order valence-electron chi connectivity index (χ4n) is 1.47. The second-order valence-corrected chi connectivity index (χ2v) is 4.39. The molecule has 17 heavy (non-hydrogen) atoms. The molecule has 1 amide bonds. The predicted octanol–water partition coefficient (Wildman–Crippen LogP) is 2.41. The number of anilines is 1. The molecule has 0 atom stereocenters. The molecule has 0 aromatic heterocycles. The van der Waals surface area contributed by atoms with Crippen molar-refractivity contribution < 1.29 is 4.79 Å². The van der Waals surface area contributed by atoms with E-state index in [4.69, 9.17) is 11.0 Å². The fraction of sp³-hybridized carbons (Fsp3) is 0.333. The summed E-state index contributed by atoms with van der Waals surface area (Å²) in [5.74, 6) is -0.109. The number of nitrogens with zero attached hydrogens (tertiary/aromatic N) is 2. The van der Waals surface area contributed by atoms with Gasteiger partial charge in [0.1, 0.15) is 0 Å². The Kier molecular flexibility index (Phi) is 4.98. The van der Waals surface area contributed by atoms with E-state index in [1.165, 1.54) is 0 Å². The SMILES string of the molecule is CCN(CCC#N)C(=O)c1cc(N)ccc1Br. The van der Waals surface area contributed by atoms with Crippen molar-refractivity contribution in [3.05, 3.63) is 28.2 Å². The van der Waals surface area contributed by atoms with Gasteiger partial charge in [-0.2, -0.15) is 5.26 Å². The molecule has 0 aliphatic carbocycles. The third kappa shape index (κ3) is 3.46. The molecule has 1 aromatic carbocycles. The van der Waals surface area contributed by atoms with Crippen molar-refractivity contribution >= 4 is 27.5 Å². The normalized spacial score (nSPS) is 9.71. The van der Waals surface area contributed by atoms with Crippen LogP contribution in [-0.4, -0.2) is 23.9 Å². The number of carbonyl (C=O) groups excluding carboxylic acids is 1. The van der Waals surface area contributed by atoms with Gasteiger partial charge in [0, 0.05) is 23.2 Å². The van der Waals surface area contributed by atoms with E-state index in [2.05, 4.69) is 15.9 Å². The molecular formula is C12H14BrN3O. The first-order valence-corrected chi connectivity index (χ1v) is 6.10. The maximum Gasteiger partial charge on any atom is 0.255 e. The van der Waals surface area contributed by atoms with Gasteiger partial charge in [-0.15, -0.1) is 0 Å². The molecule has 2 N–H and O–H groups in total. The smallest absolute Gasteiger partial charge is 0.255 e. The fourth-order valence-corrected chi connectivity index (χ4v) is 1.88. The zero-order valence-electron chi connectivity index (χ0n) is 9.61. The van der Waals surface area contributed by atoms with Gasteiger partial charge >= 0.3 is 0 Å². The summed E-state index contributed by atoms with van der Waals surface area (Å²) in [5, 5.41) is 8.54. The summed E-state index contributed by atoms with van der Waals surface area (Å²) in [6.07, 6.45) is 0.333. The number of benzene rings is 1. The highest BCUT2D eigenvalue weighted by Crippen LogP contribution is 2.21. The summed E-state index contributed by atoms with van der Waals surface area (Å²) in [7, 11) is 0. The van der Waals surface area contributed by atoms with Crippen molar-refractivity contribution in [2.45, 2.75) is 13.3 Å². The summed E-state index contributed by atoms with van der Waals surface area (Å²) in [6.45, 7) is 2.89. The predicted molar refractivity (Wildman–Crippen MR) is 70.4 cm³/mol. The lowest BCUT2D eigenvalue weighted by molar-refractivity contribution is 0.0767. The van der Waals surface area contributed by atoms with E-state index >= 15 is 0 Å². The summed E-state index contributed by atoms with van der Waals surface area (Å²) in [6, 6.07) is 7.15. The molecule has 1 aromatic rings. The van der Waals surface area contributed by atoms with Gasteiger partial charge in [0.2, 0.25) is 0 Å². The van der Waals surface area contributed by atoms with Crippen LogP contribution in [0.2, 0.25) is 0 Å². The Hall–Kier alpha value is -1.54. The third-order valence-electron chi connectivity index (χ3n) is 2.38. The Balaban J connectivity index is 2.94. The highest BCUT2D eigenvalue weighted by atomic mass is 79.9. The first-order valence-electron chi connectivity index (χ1n) is 5.31. The highest BCUT2D eigenvalue weighted by molar-refractivity contribution is 9.10. The van der Waals surface area contributed by atoms with E-state index in [1.54, 1.807) is 23.1 Å². The van der Waals surface area contributed by atoms with Crippen LogP contribution in [0.5, 0.6) is 0 Å². The van der Waals surface area contributed by atoms with Crippen LogP contribution in [0, 0.1) is 11.3 Å². The maximum absolute atomic E-state index is 12.2. The topological polar surface area (TPSA) is 70.1 Å². The van der Waals surface area contributed by atoms with E-state index in [0.29, 0.717) is 35.2 Å². The van der Waals surface area contributed by atoms with Crippen LogP contribution in [0.25, 0.3) is 0 Å². The number of nitrogen functional groups attached to an aromatic ring is 1. The zero-order valence-corrected chi connectivity index (χ0v) is 11.2. The third-order valence-corrected chi connectivity index (χ3v) is 3.07. The van der Waals surface area contributed by atoms with E-state index < -0.39 is 0 Å². The van der Waals surface area contributed by atoms with Gasteiger partial charge in [-0.05, 0) is 41.1 Å². The number of carbonyl (C=O) groups is 1. The average Bonchev–Trinajstić information content (AvgIpc) is 2.33. The van der Waals surface area contributed by atoms with Gasteiger partial charge in [0.05, 0.1) is 18.1 Å². The summed E-state index contributed by atoms with van der Waals surface area (Å²) >= 11 is 3.33. The van der Waals surface area contributed by atoms with Crippen molar-refractivity contribution in [3.63, 3.8) is 0 Å². The molecule has 0 unspecified atom stereocenters. The number of halogens is 1. The van der Waals surface area contributed by atoms with Gasteiger partial charge in [0.25, 0.3) is 5.91 Å². The van der Waals surface area contributed by atoms with Crippen LogP contribution in [0.1, 0.15) is 23.7 Å². The van der Waals surface area contributed by atoms with Crippen molar-refractivity contribution in [1.29, 1.82) is 5.26 Å². The van der Waals surface area contributed by atoms with Crippen LogP contribution >= 0.6 is 15.9 Å². The molecule has 1 rings (SSSR count). The molecule has 0 heterocycles. The summed E-state index contributed by atoms with van der Waals surface area (Å²) in [4.78, 5) is 13.8. The molecule has 90 valence electrons. The van der Waals surface area contributed by atoms with E-state index in [9.17, 15) is 4.79 Å². The molecule has 0 spiro atoms. The average molecular weight is 296 g/mol. The van der Waals surface area contributed by atoms with Gasteiger partial charge in [-0.3, -0.25) is 4.79 Å². The zero-order chi connectivity index (χ0) is 12.8. The van der Waals surface area contributed by atoms with Crippen LogP contribution in [-0.2, 0) is 0 Å². The minimum absolute atomic E-state index is 0.109. The van der Waals surface area contributed by atoms with Gasteiger partial charge in [-0.1, -0.05) is 0 Å². The monoisotopic (exact) mass is 295 g/mol. The number of nitriles is 1. The number of nitrogens with two attached hydrogens (primary N) is 1. The number of amides is 1. The highest BCUT2D eigenvalue weighted by Gasteiger charge is 2.16. The van der Waals surface area contributed by atoms with Crippen molar-refractivity contribution in [3.8, 4) is 6.07 Å². The number of rotatable bonds is 4.